The summed E-state index contributed by atoms with van der Waals surface area (Å²) in [6.45, 7) is 0. The summed E-state index contributed by atoms with van der Waals surface area (Å²) in [5.41, 5.74) is 8.88. The topological polar surface area (TPSA) is 43.9 Å². The first kappa shape index (κ1) is 35.1. The second-order valence-electron chi connectivity index (χ2n) is 15.7. The van der Waals surface area contributed by atoms with Crippen LogP contribution in [0.15, 0.2) is 229 Å². The first-order valence-electron chi connectivity index (χ1n) is 20.7. The van der Waals surface area contributed by atoms with Gasteiger partial charge in [0, 0.05) is 43.7 Å². The third kappa shape index (κ3) is 5.59. The van der Waals surface area contributed by atoms with Crippen molar-refractivity contribution in [1.82, 2.24) is 14.5 Å². The molecule has 0 bridgehead atoms. The molecule has 4 nitrogen and oxygen atoms in total. The van der Waals surface area contributed by atoms with E-state index in [0.29, 0.717) is 5.82 Å². The predicted molar refractivity (Wildman–Crippen MR) is 256 cm³/mol. The normalized spacial score (nSPS) is 11.9. The number of para-hydroxylation sites is 2. The minimum Gasteiger partial charge on any atom is -0.456 e. The molecule has 5 heteroatoms. The molecule has 0 N–H and O–H groups in total. The van der Waals surface area contributed by atoms with Crippen LogP contribution in [-0.4, -0.2) is 22.6 Å². The van der Waals surface area contributed by atoms with E-state index < -0.39 is 8.07 Å². The lowest BCUT2D eigenvalue weighted by Crippen LogP contribution is -2.74. The van der Waals surface area contributed by atoms with Crippen LogP contribution < -0.4 is 20.7 Å². The van der Waals surface area contributed by atoms with Crippen molar-refractivity contribution in [2.45, 2.75) is 0 Å². The van der Waals surface area contributed by atoms with Gasteiger partial charge in [0.1, 0.15) is 11.2 Å². The van der Waals surface area contributed by atoms with Gasteiger partial charge in [-0.2, -0.15) is 0 Å². The highest BCUT2D eigenvalue weighted by Crippen LogP contribution is 2.39. The molecule has 3 heterocycles. The van der Waals surface area contributed by atoms with Crippen molar-refractivity contribution in [3.8, 4) is 28.3 Å². The van der Waals surface area contributed by atoms with Crippen LogP contribution in [-0.2, 0) is 0 Å². The fourth-order valence-electron chi connectivity index (χ4n) is 9.62. The molecular formula is C56H37N3OSi. The quantitative estimate of drug-likeness (QED) is 0.119. The summed E-state index contributed by atoms with van der Waals surface area (Å²) in [5.74, 6) is 0.690. The van der Waals surface area contributed by atoms with Crippen LogP contribution in [0.4, 0.5) is 0 Å². The second-order valence-corrected chi connectivity index (χ2v) is 19.5. The summed E-state index contributed by atoms with van der Waals surface area (Å²) >= 11 is 0. The molecule has 0 aliphatic heterocycles. The summed E-state index contributed by atoms with van der Waals surface area (Å²) in [6, 6.07) is 80.8. The molecule has 0 fully saturated rings. The molecule has 0 amide bonds. The van der Waals surface area contributed by atoms with Gasteiger partial charge >= 0.3 is 0 Å². The van der Waals surface area contributed by atoms with E-state index in [1.165, 1.54) is 26.1 Å². The standard InChI is InChI=1S/C56H37N3OSi/c1-5-18-38(19-6-1)55-46-29-13-15-30-50(46)57-56(58-55)39-20-17-21-40(34-39)59-51-33-32-44(35-47(51)48-37-54-49(36-52(48)59)45-28-14-16-31-53(45)60-54)61(41-22-7-2-8-23-41,42-24-9-3-10-25-42)43-26-11-4-12-27-43/h1-37H. The molecule has 12 aromatic rings. The zero-order chi connectivity index (χ0) is 40.3. The van der Waals surface area contributed by atoms with E-state index in [1.54, 1.807) is 0 Å². The van der Waals surface area contributed by atoms with Crippen molar-refractivity contribution < 1.29 is 4.42 Å². The molecule has 0 atom stereocenters. The van der Waals surface area contributed by atoms with E-state index in [0.717, 1.165) is 71.8 Å². The van der Waals surface area contributed by atoms with Crippen LogP contribution in [0, 0.1) is 0 Å². The van der Waals surface area contributed by atoms with Crippen LogP contribution >= 0.6 is 0 Å². The molecule has 0 saturated carbocycles. The maximum Gasteiger partial charge on any atom is 0.179 e. The molecule has 286 valence electrons. The Morgan fingerprint density at radius 3 is 1.66 bits per heavy atom. The van der Waals surface area contributed by atoms with Gasteiger partial charge in [0.15, 0.2) is 13.9 Å². The lowest BCUT2D eigenvalue weighted by atomic mass is 10.1. The lowest BCUT2D eigenvalue weighted by molar-refractivity contribution is 0.669. The largest absolute Gasteiger partial charge is 0.456 e. The third-order valence-electron chi connectivity index (χ3n) is 12.3. The molecule has 0 spiro atoms. The van der Waals surface area contributed by atoms with Crippen molar-refractivity contribution in [3.63, 3.8) is 0 Å². The van der Waals surface area contributed by atoms with Gasteiger partial charge in [0.05, 0.1) is 22.2 Å². The molecule has 61 heavy (non-hydrogen) atoms. The smallest absolute Gasteiger partial charge is 0.179 e. The van der Waals surface area contributed by atoms with Crippen molar-refractivity contribution >= 4 is 83.5 Å². The Balaban J connectivity index is 1.14. The van der Waals surface area contributed by atoms with Crippen LogP contribution in [0.1, 0.15) is 0 Å². The Morgan fingerprint density at radius 1 is 0.361 bits per heavy atom. The van der Waals surface area contributed by atoms with Gasteiger partial charge in [-0.3, -0.25) is 0 Å². The van der Waals surface area contributed by atoms with E-state index in [4.69, 9.17) is 14.4 Å². The fourth-order valence-corrected chi connectivity index (χ4v) is 14.4. The summed E-state index contributed by atoms with van der Waals surface area (Å²) in [4.78, 5) is 10.4. The summed E-state index contributed by atoms with van der Waals surface area (Å²) in [6.07, 6.45) is 0. The number of aromatic nitrogens is 3. The maximum absolute atomic E-state index is 6.57. The number of benzene rings is 9. The molecule has 0 saturated heterocycles. The number of nitrogens with zero attached hydrogens (tertiary/aromatic N) is 3. The lowest BCUT2D eigenvalue weighted by Gasteiger charge is -2.34. The first-order valence-corrected chi connectivity index (χ1v) is 22.7. The highest BCUT2D eigenvalue weighted by Gasteiger charge is 2.41. The van der Waals surface area contributed by atoms with Crippen LogP contribution in [0.25, 0.3) is 83.0 Å². The summed E-state index contributed by atoms with van der Waals surface area (Å²) in [5, 5.41) is 10.9. The van der Waals surface area contributed by atoms with Crippen LogP contribution in [0.5, 0.6) is 0 Å². The van der Waals surface area contributed by atoms with E-state index in [9.17, 15) is 0 Å². The Hall–Kier alpha value is -7.86. The number of rotatable bonds is 7. The molecule has 0 radical (unpaired) electrons. The molecule has 9 aromatic carbocycles. The van der Waals surface area contributed by atoms with Gasteiger partial charge in [0.25, 0.3) is 0 Å². The average Bonchev–Trinajstić information content (AvgIpc) is 3.86. The van der Waals surface area contributed by atoms with Crippen molar-refractivity contribution in [2.75, 3.05) is 0 Å². The van der Waals surface area contributed by atoms with Crippen molar-refractivity contribution in [1.29, 1.82) is 0 Å². The Kier molecular flexibility index (Phi) is 8.15. The maximum atomic E-state index is 6.57. The first-order chi connectivity index (χ1) is 30.2. The minimum atomic E-state index is -2.81. The van der Waals surface area contributed by atoms with Gasteiger partial charge in [-0.05, 0) is 63.2 Å². The highest BCUT2D eigenvalue weighted by molar-refractivity contribution is 7.20. The number of fused-ring (bicyclic) bond motifs is 7. The molecule has 3 aromatic heterocycles. The second kappa shape index (κ2) is 14.2. The SMILES string of the molecule is c1ccc(-c2nc(-c3cccc(-n4c5ccc([Si](c6ccccc6)(c6ccccc6)c6ccccc6)cc5c5cc6oc7ccccc7c6cc54)c3)nc3ccccc23)cc1. The van der Waals surface area contributed by atoms with Gasteiger partial charge < -0.3 is 8.98 Å². The van der Waals surface area contributed by atoms with Crippen LogP contribution in [0.2, 0.25) is 0 Å². The van der Waals surface area contributed by atoms with Crippen molar-refractivity contribution in [3.05, 3.63) is 224 Å². The number of hydrogen-bond donors (Lipinski definition) is 0. The number of furan rings is 1. The zero-order valence-electron chi connectivity index (χ0n) is 33.1. The van der Waals surface area contributed by atoms with E-state index in [-0.39, 0.29) is 0 Å². The van der Waals surface area contributed by atoms with Gasteiger partial charge in [-0.15, -0.1) is 0 Å². The van der Waals surface area contributed by atoms with E-state index in [2.05, 4.69) is 211 Å². The molecular weight excluding hydrogens is 759 g/mol. The van der Waals surface area contributed by atoms with Crippen molar-refractivity contribution in [2.24, 2.45) is 0 Å². The van der Waals surface area contributed by atoms with Gasteiger partial charge in [-0.25, -0.2) is 9.97 Å². The fraction of sp³-hybridized carbons (Fsp3) is 0. The monoisotopic (exact) mass is 795 g/mol. The molecule has 0 aliphatic carbocycles. The Labute approximate surface area is 353 Å². The van der Waals surface area contributed by atoms with Crippen LogP contribution in [0.3, 0.4) is 0 Å². The third-order valence-corrected chi connectivity index (χ3v) is 17.1. The highest BCUT2D eigenvalue weighted by atomic mass is 28.3. The van der Waals surface area contributed by atoms with Gasteiger partial charge in [0.2, 0.25) is 0 Å². The molecule has 12 rings (SSSR count). The van der Waals surface area contributed by atoms with E-state index in [1.807, 2.05) is 18.2 Å². The average molecular weight is 796 g/mol. The predicted octanol–water partition coefficient (Wildman–Crippen LogP) is 11.3. The summed E-state index contributed by atoms with van der Waals surface area (Å²) in [7, 11) is -2.81. The number of hydrogen-bond acceptors (Lipinski definition) is 3. The Bertz CT molecular complexity index is 3480. The molecule has 0 aliphatic rings. The Morgan fingerprint density at radius 2 is 0.951 bits per heavy atom. The van der Waals surface area contributed by atoms with E-state index >= 15 is 0 Å². The minimum absolute atomic E-state index is 0.690. The molecule has 0 unspecified atom stereocenters. The zero-order valence-corrected chi connectivity index (χ0v) is 34.1. The van der Waals surface area contributed by atoms with Gasteiger partial charge in [-0.1, -0.05) is 182 Å². The summed E-state index contributed by atoms with van der Waals surface area (Å²) < 4.78 is 8.98.